The van der Waals surface area contributed by atoms with Crippen LogP contribution in [0.25, 0.3) is 0 Å². The van der Waals surface area contributed by atoms with Gasteiger partial charge in [0.1, 0.15) is 6.10 Å². The number of benzene rings is 1. The van der Waals surface area contributed by atoms with E-state index in [1.54, 1.807) is 44.2 Å². The lowest BCUT2D eigenvalue weighted by Gasteiger charge is -2.33. The molecule has 0 heterocycles. The molecule has 0 spiro atoms. The van der Waals surface area contributed by atoms with E-state index in [1.807, 2.05) is 0 Å². The van der Waals surface area contributed by atoms with Crippen LogP contribution in [0.4, 0.5) is 0 Å². The van der Waals surface area contributed by atoms with Gasteiger partial charge in [-0.15, -0.1) is 0 Å². The molecule has 1 rings (SSSR count). The van der Waals surface area contributed by atoms with E-state index in [4.69, 9.17) is 34.8 Å². The van der Waals surface area contributed by atoms with Crippen molar-refractivity contribution in [2.45, 2.75) is 23.7 Å². The van der Waals surface area contributed by atoms with Gasteiger partial charge in [0.2, 0.25) is 3.79 Å². The molecule has 1 aromatic carbocycles. The van der Waals surface area contributed by atoms with Gasteiger partial charge in [-0.25, -0.2) is 0 Å². The van der Waals surface area contributed by atoms with Crippen LogP contribution in [0, 0.1) is 5.41 Å². The number of Topliss-reactive ketones (excluding diaryl/α,β-unsaturated/α-hetero) is 1. The van der Waals surface area contributed by atoms with E-state index in [1.165, 1.54) is 0 Å². The monoisotopic (exact) mass is 294 g/mol. The number of aliphatic hydroxyl groups excluding tert-OH is 1. The Morgan fingerprint density at radius 3 is 2.06 bits per heavy atom. The standard InChI is InChI=1S/C12H13Cl3O2/c1-11(2,10(17)12(13,14)15)9(16)8-6-4-3-5-7-8/h3-7,10,17H,1-2H3. The van der Waals surface area contributed by atoms with Crippen molar-refractivity contribution < 1.29 is 9.90 Å². The minimum absolute atomic E-state index is 0.267. The minimum atomic E-state index is -1.89. The van der Waals surface area contributed by atoms with Crippen molar-refractivity contribution >= 4 is 40.6 Å². The minimum Gasteiger partial charge on any atom is -0.388 e. The van der Waals surface area contributed by atoms with E-state index in [2.05, 4.69) is 0 Å². The van der Waals surface area contributed by atoms with Crippen LogP contribution in [0.2, 0.25) is 0 Å². The summed E-state index contributed by atoms with van der Waals surface area (Å²) in [6, 6.07) is 8.61. The number of halogens is 3. The van der Waals surface area contributed by atoms with Crippen molar-refractivity contribution in [1.82, 2.24) is 0 Å². The Morgan fingerprint density at radius 2 is 1.65 bits per heavy atom. The third-order valence-corrected chi connectivity index (χ3v) is 3.23. The highest BCUT2D eigenvalue weighted by Gasteiger charge is 2.46. The molecule has 0 fully saturated rings. The molecule has 0 bridgehead atoms. The van der Waals surface area contributed by atoms with Gasteiger partial charge in [0.15, 0.2) is 5.78 Å². The zero-order valence-electron chi connectivity index (χ0n) is 9.45. The van der Waals surface area contributed by atoms with Gasteiger partial charge in [0, 0.05) is 5.56 Å². The molecule has 0 aromatic heterocycles. The predicted molar refractivity (Wildman–Crippen MR) is 70.9 cm³/mol. The lowest BCUT2D eigenvalue weighted by atomic mass is 9.79. The molecule has 1 unspecified atom stereocenters. The average molecular weight is 296 g/mol. The number of alkyl halides is 3. The Bertz CT molecular complexity index is 396. The summed E-state index contributed by atoms with van der Waals surface area (Å²) < 4.78 is -1.89. The van der Waals surface area contributed by atoms with Gasteiger partial charge in [-0.3, -0.25) is 4.79 Å². The first-order valence-electron chi connectivity index (χ1n) is 5.02. The number of ketones is 1. The van der Waals surface area contributed by atoms with Gasteiger partial charge in [-0.2, -0.15) is 0 Å². The van der Waals surface area contributed by atoms with Crippen molar-refractivity contribution in [2.75, 3.05) is 0 Å². The molecule has 0 aliphatic rings. The summed E-state index contributed by atoms with van der Waals surface area (Å²) in [6.45, 7) is 3.10. The van der Waals surface area contributed by atoms with Gasteiger partial charge in [-0.1, -0.05) is 65.1 Å². The van der Waals surface area contributed by atoms with Crippen LogP contribution in [0.1, 0.15) is 24.2 Å². The van der Waals surface area contributed by atoms with E-state index in [9.17, 15) is 9.90 Å². The number of rotatable bonds is 3. The highest BCUT2D eigenvalue weighted by molar-refractivity contribution is 6.68. The van der Waals surface area contributed by atoms with Crippen molar-refractivity contribution in [1.29, 1.82) is 0 Å². The molecule has 0 radical (unpaired) electrons. The number of hydrogen-bond acceptors (Lipinski definition) is 2. The van der Waals surface area contributed by atoms with E-state index in [0.29, 0.717) is 5.56 Å². The number of hydrogen-bond donors (Lipinski definition) is 1. The maximum atomic E-state index is 12.2. The first-order valence-corrected chi connectivity index (χ1v) is 6.15. The molecule has 0 saturated heterocycles. The summed E-state index contributed by atoms with van der Waals surface area (Å²) in [5, 5.41) is 9.93. The number of aliphatic hydroxyl groups is 1. The van der Waals surface area contributed by atoms with Crippen LogP contribution >= 0.6 is 34.8 Å². The summed E-state index contributed by atoms with van der Waals surface area (Å²) in [5.74, 6) is -0.267. The smallest absolute Gasteiger partial charge is 0.216 e. The molecule has 0 aliphatic carbocycles. The van der Waals surface area contributed by atoms with Crippen LogP contribution < -0.4 is 0 Å². The third kappa shape index (κ3) is 3.35. The summed E-state index contributed by atoms with van der Waals surface area (Å²) in [6.07, 6.45) is -1.38. The molecular formula is C12H13Cl3O2. The molecule has 0 amide bonds. The zero-order valence-corrected chi connectivity index (χ0v) is 11.7. The fraction of sp³-hybridized carbons (Fsp3) is 0.417. The molecular weight excluding hydrogens is 282 g/mol. The Labute approximate surface area is 115 Å². The van der Waals surface area contributed by atoms with Crippen molar-refractivity contribution in [3.8, 4) is 0 Å². The molecule has 94 valence electrons. The van der Waals surface area contributed by atoms with Gasteiger partial charge in [-0.05, 0) is 13.8 Å². The quantitative estimate of drug-likeness (QED) is 0.683. The topological polar surface area (TPSA) is 37.3 Å². The van der Waals surface area contributed by atoms with E-state index >= 15 is 0 Å². The number of carbonyl (C=O) groups is 1. The van der Waals surface area contributed by atoms with Gasteiger partial charge < -0.3 is 5.11 Å². The maximum Gasteiger partial charge on any atom is 0.216 e. The second kappa shape index (κ2) is 5.15. The van der Waals surface area contributed by atoms with Crippen molar-refractivity contribution in [2.24, 2.45) is 5.41 Å². The van der Waals surface area contributed by atoms with Crippen molar-refractivity contribution in [3.63, 3.8) is 0 Å². The van der Waals surface area contributed by atoms with E-state index in [-0.39, 0.29) is 5.78 Å². The third-order valence-electron chi connectivity index (χ3n) is 2.61. The highest BCUT2D eigenvalue weighted by atomic mass is 35.6. The van der Waals surface area contributed by atoms with Crippen LogP contribution in [-0.2, 0) is 0 Å². The lowest BCUT2D eigenvalue weighted by molar-refractivity contribution is 0.0412. The Kier molecular flexibility index (Phi) is 4.48. The Morgan fingerprint density at radius 1 is 1.18 bits per heavy atom. The maximum absolute atomic E-state index is 12.2. The fourth-order valence-corrected chi connectivity index (χ4v) is 2.31. The van der Waals surface area contributed by atoms with Crippen LogP contribution in [-0.4, -0.2) is 20.8 Å². The molecule has 1 N–H and O–H groups in total. The van der Waals surface area contributed by atoms with Gasteiger partial charge in [0.05, 0.1) is 5.41 Å². The largest absolute Gasteiger partial charge is 0.388 e. The summed E-state index contributed by atoms with van der Waals surface area (Å²) >= 11 is 16.9. The molecule has 2 nitrogen and oxygen atoms in total. The first kappa shape index (κ1) is 14.8. The van der Waals surface area contributed by atoms with Crippen LogP contribution in [0.15, 0.2) is 30.3 Å². The molecule has 0 saturated carbocycles. The summed E-state index contributed by atoms with van der Waals surface area (Å²) in [4.78, 5) is 12.2. The second-order valence-corrected chi connectivity index (χ2v) is 6.73. The molecule has 0 aliphatic heterocycles. The average Bonchev–Trinajstić information content (AvgIpc) is 2.27. The normalized spacial score (nSPS) is 14.5. The van der Waals surface area contributed by atoms with E-state index < -0.39 is 15.3 Å². The Hall–Kier alpha value is -0.280. The molecule has 1 atom stereocenters. The number of carbonyl (C=O) groups excluding carboxylic acids is 1. The fourth-order valence-electron chi connectivity index (χ4n) is 1.49. The molecule has 17 heavy (non-hydrogen) atoms. The summed E-state index contributed by atoms with van der Waals surface area (Å²) in [5.41, 5.74) is -0.696. The zero-order chi connectivity index (χ0) is 13.3. The second-order valence-electron chi connectivity index (χ2n) is 4.36. The van der Waals surface area contributed by atoms with Crippen LogP contribution in [0.3, 0.4) is 0 Å². The van der Waals surface area contributed by atoms with Gasteiger partial charge in [0.25, 0.3) is 0 Å². The molecule has 5 heteroatoms. The van der Waals surface area contributed by atoms with E-state index in [0.717, 1.165) is 0 Å². The SMILES string of the molecule is CC(C)(C(=O)c1ccccc1)C(O)C(Cl)(Cl)Cl. The van der Waals surface area contributed by atoms with Crippen molar-refractivity contribution in [3.05, 3.63) is 35.9 Å². The first-order chi connectivity index (χ1) is 7.67. The van der Waals surface area contributed by atoms with Crippen LogP contribution in [0.5, 0.6) is 0 Å². The predicted octanol–water partition coefficient (Wildman–Crippen LogP) is 3.63. The Balaban J connectivity index is 3.03. The van der Waals surface area contributed by atoms with Gasteiger partial charge >= 0.3 is 0 Å². The molecule has 1 aromatic rings. The highest BCUT2D eigenvalue weighted by Crippen LogP contribution is 2.41. The summed E-state index contributed by atoms with van der Waals surface area (Å²) in [7, 11) is 0. The lowest BCUT2D eigenvalue weighted by Crippen LogP contribution is -2.45.